The van der Waals surface area contributed by atoms with Crippen LogP contribution in [0.25, 0.3) is 11.1 Å². The number of aliphatic carboxylic acids is 1. The normalized spacial score (nSPS) is 21.8. The molecule has 3 aliphatic rings. The van der Waals surface area contributed by atoms with Gasteiger partial charge in [0.15, 0.2) is 0 Å². The van der Waals surface area contributed by atoms with Crippen molar-refractivity contribution in [2.24, 2.45) is 11.8 Å². The molecular formula is C26H28N2O6. The molecule has 2 fully saturated rings. The number of carbonyl (C=O) groups is 3. The molecule has 0 aromatic heterocycles. The Kier molecular flexibility index (Phi) is 6.24. The van der Waals surface area contributed by atoms with Crippen LogP contribution in [0.3, 0.4) is 0 Å². The molecule has 8 heteroatoms. The highest BCUT2D eigenvalue weighted by Crippen LogP contribution is 2.44. The maximum Gasteiger partial charge on any atom is 0.407 e. The number of nitrogens with one attached hydrogen (secondary N) is 1. The van der Waals surface area contributed by atoms with E-state index in [0.717, 1.165) is 28.7 Å². The van der Waals surface area contributed by atoms with Crippen molar-refractivity contribution in [1.29, 1.82) is 0 Å². The summed E-state index contributed by atoms with van der Waals surface area (Å²) in [4.78, 5) is 38.8. The van der Waals surface area contributed by atoms with Gasteiger partial charge < -0.3 is 24.8 Å². The molecule has 2 saturated heterocycles. The number of carboxylic acids is 1. The van der Waals surface area contributed by atoms with Crippen LogP contribution in [0.15, 0.2) is 48.5 Å². The second-order valence-corrected chi connectivity index (χ2v) is 9.25. The van der Waals surface area contributed by atoms with Crippen molar-refractivity contribution in [3.63, 3.8) is 0 Å². The van der Waals surface area contributed by atoms with Crippen molar-refractivity contribution in [1.82, 2.24) is 10.2 Å². The maximum absolute atomic E-state index is 13.1. The molecule has 34 heavy (non-hydrogen) atoms. The van der Waals surface area contributed by atoms with Crippen LogP contribution < -0.4 is 5.32 Å². The van der Waals surface area contributed by atoms with Crippen LogP contribution in [0.2, 0.25) is 0 Å². The zero-order valence-electron chi connectivity index (χ0n) is 18.8. The number of hydrogen-bond donors (Lipinski definition) is 2. The van der Waals surface area contributed by atoms with E-state index in [1.807, 2.05) is 48.5 Å². The highest BCUT2D eigenvalue weighted by Gasteiger charge is 2.38. The number of carbonyl (C=O) groups excluding carboxylic acids is 2. The predicted octanol–water partition coefficient (Wildman–Crippen LogP) is 2.86. The minimum atomic E-state index is -1.17. The number of amides is 2. The van der Waals surface area contributed by atoms with E-state index in [1.165, 1.54) is 0 Å². The summed E-state index contributed by atoms with van der Waals surface area (Å²) in [6.45, 7) is 2.47. The number of carboxylic acid groups (broad SMARTS) is 1. The number of hydrogen-bond acceptors (Lipinski definition) is 5. The molecule has 3 atom stereocenters. The smallest absolute Gasteiger partial charge is 0.407 e. The van der Waals surface area contributed by atoms with Gasteiger partial charge in [0.1, 0.15) is 12.6 Å². The van der Waals surface area contributed by atoms with Gasteiger partial charge in [-0.25, -0.2) is 4.79 Å². The molecule has 5 rings (SSSR count). The van der Waals surface area contributed by atoms with Crippen LogP contribution in [-0.2, 0) is 19.1 Å². The zero-order valence-corrected chi connectivity index (χ0v) is 18.8. The molecule has 178 valence electrons. The molecule has 0 radical (unpaired) electrons. The van der Waals surface area contributed by atoms with Crippen molar-refractivity contribution in [3.8, 4) is 11.1 Å². The molecule has 2 amide bonds. The van der Waals surface area contributed by atoms with E-state index in [2.05, 4.69) is 5.32 Å². The van der Waals surface area contributed by atoms with Crippen LogP contribution in [0.4, 0.5) is 4.79 Å². The topological polar surface area (TPSA) is 105 Å². The van der Waals surface area contributed by atoms with Gasteiger partial charge in [0.2, 0.25) is 5.91 Å². The molecule has 2 N–H and O–H groups in total. The van der Waals surface area contributed by atoms with Gasteiger partial charge in [0.25, 0.3) is 0 Å². The third-order valence-corrected chi connectivity index (χ3v) is 7.18. The summed E-state index contributed by atoms with van der Waals surface area (Å²) in [5.74, 6) is -0.958. The molecule has 8 nitrogen and oxygen atoms in total. The Morgan fingerprint density at radius 1 is 1.03 bits per heavy atom. The van der Waals surface area contributed by atoms with Crippen molar-refractivity contribution in [2.75, 3.05) is 32.9 Å². The number of likely N-dealkylation sites (tertiary alicyclic amines) is 1. The Hall–Kier alpha value is -3.39. The first-order valence-corrected chi connectivity index (χ1v) is 11.7. The monoisotopic (exact) mass is 464 g/mol. The van der Waals surface area contributed by atoms with Crippen LogP contribution in [-0.4, -0.2) is 66.9 Å². The fourth-order valence-electron chi connectivity index (χ4n) is 5.44. The molecular weight excluding hydrogens is 436 g/mol. The summed E-state index contributed by atoms with van der Waals surface area (Å²) in [5.41, 5.74) is 4.39. The third-order valence-electron chi connectivity index (χ3n) is 7.18. The van der Waals surface area contributed by atoms with Gasteiger partial charge in [0, 0.05) is 31.5 Å². The van der Waals surface area contributed by atoms with E-state index in [-0.39, 0.29) is 24.3 Å². The average Bonchev–Trinajstić information content (AvgIpc) is 3.43. The van der Waals surface area contributed by atoms with Crippen molar-refractivity contribution in [2.45, 2.75) is 24.8 Å². The second-order valence-electron chi connectivity index (χ2n) is 9.25. The van der Waals surface area contributed by atoms with E-state index < -0.39 is 24.5 Å². The quantitative estimate of drug-likeness (QED) is 0.681. The van der Waals surface area contributed by atoms with Gasteiger partial charge in [-0.2, -0.15) is 0 Å². The molecule has 0 bridgehead atoms. The molecule has 2 aromatic carbocycles. The van der Waals surface area contributed by atoms with E-state index in [0.29, 0.717) is 32.2 Å². The van der Waals surface area contributed by atoms with Crippen LogP contribution in [0, 0.1) is 11.8 Å². The Balaban J connectivity index is 1.24. The second kappa shape index (κ2) is 9.46. The summed E-state index contributed by atoms with van der Waals surface area (Å²) in [6, 6.07) is 14.8. The van der Waals surface area contributed by atoms with Crippen LogP contribution in [0.5, 0.6) is 0 Å². The first kappa shape index (κ1) is 22.4. The molecule has 2 heterocycles. The highest BCUT2D eigenvalue weighted by atomic mass is 16.5. The number of ether oxygens (including phenoxy) is 2. The molecule has 0 spiro atoms. The van der Waals surface area contributed by atoms with Crippen molar-refractivity contribution >= 4 is 18.0 Å². The number of piperidine rings is 1. The van der Waals surface area contributed by atoms with Gasteiger partial charge in [-0.3, -0.25) is 9.59 Å². The lowest BCUT2D eigenvalue weighted by Gasteiger charge is -2.35. The summed E-state index contributed by atoms with van der Waals surface area (Å²) in [5, 5.41) is 11.8. The Morgan fingerprint density at radius 3 is 2.35 bits per heavy atom. The lowest BCUT2D eigenvalue weighted by molar-refractivity contribution is -0.143. The number of rotatable bonds is 6. The van der Waals surface area contributed by atoms with E-state index >= 15 is 0 Å². The van der Waals surface area contributed by atoms with Crippen LogP contribution >= 0.6 is 0 Å². The SMILES string of the molecule is O=C(O)CC(NC(=O)OCC1c2ccccc2-c2ccccc21)C(=O)N1CCC2COCC2C1. The van der Waals surface area contributed by atoms with Gasteiger partial charge in [0.05, 0.1) is 13.0 Å². The van der Waals surface area contributed by atoms with Gasteiger partial charge in [-0.15, -0.1) is 0 Å². The van der Waals surface area contributed by atoms with E-state index in [1.54, 1.807) is 4.90 Å². The summed E-state index contributed by atoms with van der Waals surface area (Å²) in [6.07, 6.45) is -0.466. The standard InChI is InChI=1S/C26H28N2O6/c29-24(30)11-23(25(31)28-10-9-16-13-33-14-17(16)12-28)27-26(32)34-15-22-20-7-3-1-5-18(20)19-6-2-4-8-21(19)22/h1-8,16-17,22-23H,9-15H2,(H,27,32)(H,29,30). The minimum absolute atomic E-state index is 0.0959. The van der Waals surface area contributed by atoms with Gasteiger partial charge in [-0.1, -0.05) is 48.5 Å². The number of benzene rings is 2. The van der Waals surface area contributed by atoms with Gasteiger partial charge >= 0.3 is 12.1 Å². The number of fused-ring (bicyclic) bond motifs is 4. The van der Waals surface area contributed by atoms with E-state index in [9.17, 15) is 19.5 Å². The maximum atomic E-state index is 13.1. The largest absolute Gasteiger partial charge is 0.481 e. The Bertz CT molecular complexity index is 1060. The predicted molar refractivity (Wildman–Crippen MR) is 123 cm³/mol. The lowest BCUT2D eigenvalue weighted by atomic mass is 9.88. The molecule has 2 aromatic rings. The van der Waals surface area contributed by atoms with Crippen molar-refractivity contribution in [3.05, 3.63) is 59.7 Å². The highest BCUT2D eigenvalue weighted by molar-refractivity contribution is 5.89. The zero-order chi connectivity index (χ0) is 23.7. The fourth-order valence-corrected chi connectivity index (χ4v) is 5.44. The molecule has 1 aliphatic carbocycles. The number of alkyl carbamates (subject to hydrolysis) is 1. The lowest BCUT2D eigenvalue weighted by Crippen LogP contribution is -2.53. The fraction of sp³-hybridized carbons (Fsp3) is 0.423. The summed E-state index contributed by atoms with van der Waals surface area (Å²) in [7, 11) is 0. The van der Waals surface area contributed by atoms with E-state index in [4.69, 9.17) is 9.47 Å². The van der Waals surface area contributed by atoms with Crippen molar-refractivity contribution < 1.29 is 29.0 Å². The number of nitrogens with zero attached hydrogens (tertiary/aromatic N) is 1. The molecule has 2 aliphatic heterocycles. The Morgan fingerprint density at radius 2 is 1.68 bits per heavy atom. The van der Waals surface area contributed by atoms with Gasteiger partial charge in [-0.05, 0) is 34.6 Å². The third kappa shape index (κ3) is 4.37. The summed E-state index contributed by atoms with van der Waals surface area (Å²) >= 11 is 0. The Labute approximate surface area is 197 Å². The summed E-state index contributed by atoms with van der Waals surface area (Å²) < 4.78 is 11.0. The first-order chi connectivity index (χ1) is 16.5. The first-order valence-electron chi connectivity index (χ1n) is 11.7. The molecule has 0 saturated carbocycles. The van der Waals surface area contributed by atoms with Crippen LogP contribution in [0.1, 0.15) is 29.9 Å². The minimum Gasteiger partial charge on any atom is -0.481 e. The molecule has 3 unspecified atom stereocenters. The average molecular weight is 465 g/mol.